The number of ether oxygens (including phenoxy) is 1. The van der Waals surface area contributed by atoms with Crippen LogP contribution in [0.3, 0.4) is 0 Å². The van der Waals surface area contributed by atoms with E-state index in [2.05, 4.69) is 31.1 Å². The average molecular weight is 566 g/mol. The summed E-state index contributed by atoms with van der Waals surface area (Å²) in [6.07, 6.45) is -1.48. The van der Waals surface area contributed by atoms with Gasteiger partial charge in [-0.1, -0.05) is 32.9 Å². The number of alkyl halides is 2. The predicted octanol–water partition coefficient (Wildman–Crippen LogP) is 7.31. The second kappa shape index (κ2) is 10.6. The summed E-state index contributed by atoms with van der Waals surface area (Å²) in [6, 6.07) is 15.1. The Labute approximate surface area is 231 Å². The van der Waals surface area contributed by atoms with Crippen LogP contribution >= 0.6 is 11.3 Å². The highest BCUT2D eigenvalue weighted by Crippen LogP contribution is 2.42. The molecule has 8 nitrogen and oxygen atoms in total. The topological polar surface area (TPSA) is 121 Å². The molecule has 0 saturated carbocycles. The van der Waals surface area contributed by atoms with Gasteiger partial charge in [-0.3, -0.25) is 9.59 Å². The van der Waals surface area contributed by atoms with Crippen LogP contribution in [0.2, 0.25) is 0 Å². The van der Waals surface area contributed by atoms with Crippen LogP contribution in [0.15, 0.2) is 69.7 Å². The molecule has 40 heavy (non-hydrogen) atoms. The molecule has 5 rings (SSSR count). The van der Waals surface area contributed by atoms with Gasteiger partial charge in [-0.25, -0.2) is 13.8 Å². The Morgan fingerprint density at radius 1 is 1.12 bits per heavy atom. The number of hydrogen-bond acceptors (Lipinski definition) is 7. The Kier molecular flexibility index (Phi) is 7.16. The standard InChI is InChI=1S/C29H25F2N3O5S/c1-29(2,3)15-6-8-16(9-7-15)38-14-17-10-11-21(39-17)27(36)34-23-22-18(20-5-4-12-37-20)13-19(25(30)31)33-28(22)40-24(23)26(32)35/h4-13,25H,14H2,1-3H3,(H2,32,35)(H,34,36). The van der Waals surface area contributed by atoms with E-state index in [0.29, 0.717) is 11.5 Å². The van der Waals surface area contributed by atoms with E-state index in [9.17, 15) is 18.4 Å². The molecular formula is C29H25F2N3O5S. The number of fused-ring (bicyclic) bond motifs is 1. The maximum absolute atomic E-state index is 13.6. The van der Waals surface area contributed by atoms with Crippen molar-refractivity contribution in [3.63, 3.8) is 0 Å². The number of rotatable bonds is 8. The lowest BCUT2D eigenvalue weighted by atomic mass is 9.87. The number of carbonyl (C=O) groups is 2. The number of primary amides is 1. The summed E-state index contributed by atoms with van der Waals surface area (Å²) in [5.74, 6) is -0.276. The quantitative estimate of drug-likeness (QED) is 0.203. The summed E-state index contributed by atoms with van der Waals surface area (Å²) in [7, 11) is 0. The van der Waals surface area contributed by atoms with Crippen LogP contribution < -0.4 is 15.8 Å². The van der Waals surface area contributed by atoms with Gasteiger partial charge in [0, 0.05) is 10.9 Å². The number of amides is 2. The second-order valence-electron chi connectivity index (χ2n) is 10.0. The number of furan rings is 2. The molecule has 11 heteroatoms. The number of thiophene rings is 1. The maximum atomic E-state index is 13.6. The Bertz CT molecular complexity index is 1680. The highest BCUT2D eigenvalue weighted by atomic mass is 32.1. The lowest BCUT2D eigenvalue weighted by molar-refractivity contribution is 0.0992. The van der Waals surface area contributed by atoms with Crippen molar-refractivity contribution in [3.05, 3.63) is 88.5 Å². The monoisotopic (exact) mass is 565 g/mol. The lowest BCUT2D eigenvalue weighted by Crippen LogP contribution is -2.16. The number of nitrogens with one attached hydrogen (secondary N) is 1. The fourth-order valence-corrected chi connectivity index (χ4v) is 5.12. The zero-order chi connectivity index (χ0) is 28.6. The van der Waals surface area contributed by atoms with E-state index in [-0.39, 0.29) is 49.9 Å². The highest BCUT2D eigenvalue weighted by molar-refractivity contribution is 7.21. The molecule has 0 unspecified atom stereocenters. The van der Waals surface area contributed by atoms with Crippen LogP contribution in [-0.2, 0) is 12.0 Å². The normalized spacial score (nSPS) is 11.8. The molecule has 0 fully saturated rings. The number of nitrogens with zero attached hydrogens (tertiary/aromatic N) is 1. The van der Waals surface area contributed by atoms with Gasteiger partial charge in [0.25, 0.3) is 18.2 Å². The van der Waals surface area contributed by atoms with Crippen molar-refractivity contribution in [2.24, 2.45) is 5.73 Å². The second-order valence-corrected chi connectivity index (χ2v) is 11.0. The fourth-order valence-electron chi connectivity index (χ4n) is 4.11. The van der Waals surface area contributed by atoms with Crippen LogP contribution in [0.1, 0.15) is 64.4 Å². The molecule has 0 spiro atoms. The Morgan fingerprint density at radius 3 is 2.50 bits per heavy atom. The molecule has 1 aromatic carbocycles. The number of hydrogen-bond donors (Lipinski definition) is 2. The molecule has 0 bridgehead atoms. The van der Waals surface area contributed by atoms with E-state index < -0.39 is 23.9 Å². The minimum Gasteiger partial charge on any atom is -0.486 e. The SMILES string of the molecule is CC(C)(C)c1ccc(OCc2ccc(C(=O)Nc3c(C(N)=O)sc4nc(C(F)F)cc(-c5ccco5)c34)o2)cc1. The van der Waals surface area contributed by atoms with Gasteiger partial charge in [0.05, 0.1) is 12.0 Å². The lowest BCUT2D eigenvalue weighted by Gasteiger charge is -2.19. The van der Waals surface area contributed by atoms with Crippen molar-refractivity contribution in [1.82, 2.24) is 4.98 Å². The molecule has 0 saturated heterocycles. The van der Waals surface area contributed by atoms with E-state index in [0.717, 1.165) is 17.4 Å². The first kappa shape index (κ1) is 27.1. The molecule has 0 aliphatic heterocycles. The van der Waals surface area contributed by atoms with Crippen molar-refractivity contribution in [3.8, 4) is 17.1 Å². The van der Waals surface area contributed by atoms with Crippen LogP contribution in [0.5, 0.6) is 5.75 Å². The van der Waals surface area contributed by atoms with Crippen LogP contribution in [0.4, 0.5) is 14.5 Å². The van der Waals surface area contributed by atoms with Crippen molar-refractivity contribution < 1.29 is 31.9 Å². The molecule has 4 aromatic heterocycles. The predicted molar refractivity (Wildman–Crippen MR) is 147 cm³/mol. The first-order valence-corrected chi connectivity index (χ1v) is 13.1. The fraction of sp³-hybridized carbons (Fsp3) is 0.207. The summed E-state index contributed by atoms with van der Waals surface area (Å²) in [5, 5.41) is 2.91. The van der Waals surface area contributed by atoms with E-state index in [4.69, 9.17) is 19.3 Å². The van der Waals surface area contributed by atoms with Crippen molar-refractivity contribution in [1.29, 1.82) is 0 Å². The maximum Gasteiger partial charge on any atom is 0.291 e. The molecule has 0 atom stereocenters. The van der Waals surface area contributed by atoms with E-state index >= 15 is 0 Å². The number of benzene rings is 1. The Balaban J connectivity index is 1.41. The number of anilines is 1. The minimum atomic E-state index is -2.87. The van der Waals surface area contributed by atoms with Gasteiger partial charge >= 0.3 is 0 Å². The molecule has 3 N–H and O–H groups in total. The number of pyridine rings is 1. The van der Waals surface area contributed by atoms with Gasteiger partial charge in [-0.15, -0.1) is 11.3 Å². The summed E-state index contributed by atoms with van der Waals surface area (Å²) < 4.78 is 44.1. The molecule has 5 aromatic rings. The molecule has 0 aliphatic rings. The van der Waals surface area contributed by atoms with E-state index in [1.54, 1.807) is 18.2 Å². The van der Waals surface area contributed by atoms with Crippen molar-refractivity contribution >= 4 is 39.1 Å². The summed E-state index contributed by atoms with van der Waals surface area (Å²) in [6.45, 7) is 6.45. The smallest absolute Gasteiger partial charge is 0.291 e. The van der Waals surface area contributed by atoms with Gasteiger partial charge in [-0.2, -0.15) is 0 Å². The third-order valence-corrected chi connectivity index (χ3v) is 7.24. The molecule has 0 aliphatic carbocycles. The number of nitrogens with two attached hydrogens (primary N) is 1. The van der Waals surface area contributed by atoms with Gasteiger partial charge in [0.1, 0.15) is 39.3 Å². The Morgan fingerprint density at radius 2 is 1.88 bits per heavy atom. The summed E-state index contributed by atoms with van der Waals surface area (Å²) in [5.41, 5.74) is 6.52. The first-order chi connectivity index (χ1) is 19.0. The number of aromatic nitrogens is 1. The van der Waals surface area contributed by atoms with Crippen LogP contribution in [-0.4, -0.2) is 16.8 Å². The van der Waals surface area contributed by atoms with Crippen molar-refractivity contribution in [2.75, 3.05) is 5.32 Å². The van der Waals surface area contributed by atoms with Gasteiger partial charge in [0.15, 0.2) is 5.76 Å². The zero-order valence-corrected chi connectivity index (χ0v) is 22.6. The van der Waals surface area contributed by atoms with Crippen LogP contribution in [0, 0.1) is 0 Å². The molecule has 206 valence electrons. The highest BCUT2D eigenvalue weighted by Gasteiger charge is 2.26. The molecule has 2 amide bonds. The molecular weight excluding hydrogens is 540 g/mol. The van der Waals surface area contributed by atoms with Gasteiger partial charge in [0.2, 0.25) is 0 Å². The van der Waals surface area contributed by atoms with E-state index in [1.807, 2.05) is 24.3 Å². The summed E-state index contributed by atoms with van der Waals surface area (Å²) in [4.78, 5) is 29.5. The summed E-state index contributed by atoms with van der Waals surface area (Å²) >= 11 is 0.799. The van der Waals surface area contributed by atoms with Gasteiger partial charge < -0.3 is 24.6 Å². The third kappa shape index (κ3) is 5.46. The molecule has 4 heterocycles. The first-order valence-electron chi connectivity index (χ1n) is 12.2. The van der Waals surface area contributed by atoms with Crippen molar-refractivity contribution in [2.45, 2.75) is 39.2 Å². The largest absolute Gasteiger partial charge is 0.486 e. The third-order valence-electron chi connectivity index (χ3n) is 6.14. The van der Waals surface area contributed by atoms with Crippen LogP contribution in [0.25, 0.3) is 21.5 Å². The average Bonchev–Trinajstić information content (AvgIpc) is 3.67. The Hall–Kier alpha value is -4.51. The molecule has 0 radical (unpaired) electrons. The minimum absolute atomic E-state index is 0.0178. The zero-order valence-electron chi connectivity index (χ0n) is 21.8. The number of carbonyl (C=O) groups excluding carboxylic acids is 2. The van der Waals surface area contributed by atoms with Gasteiger partial charge in [-0.05, 0) is 53.4 Å². The number of halogens is 2. The van der Waals surface area contributed by atoms with E-state index in [1.165, 1.54) is 17.9 Å².